The molecule has 5 heteroatoms. The van der Waals surface area contributed by atoms with Gasteiger partial charge in [0.05, 0.1) is 5.70 Å². The van der Waals surface area contributed by atoms with Gasteiger partial charge in [0.2, 0.25) is 0 Å². The van der Waals surface area contributed by atoms with Crippen molar-refractivity contribution in [2.24, 2.45) is 4.99 Å². The van der Waals surface area contributed by atoms with E-state index in [1.807, 2.05) is 36.4 Å². The van der Waals surface area contributed by atoms with Crippen LogP contribution in [0.4, 0.5) is 8.63 Å². The number of nitrogens with zero attached hydrogens (tertiary/aromatic N) is 2. The summed E-state index contributed by atoms with van der Waals surface area (Å²) in [6.45, 7) is 0. The zero-order valence-corrected chi connectivity index (χ0v) is 10.6. The first-order valence-corrected chi connectivity index (χ1v) is 6.23. The largest absolute Gasteiger partial charge is 0.677 e. The Morgan fingerprint density at radius 2 is 1.85 bits per heavy atom. The van der Waals surface area contributed by atoms with Gasteiger partial charge in [0.15, 0.2) is 0 Å². The van der Waals surface area contributed by atoms with Crippen molar-refractivity contribution in [1.82, 2.24) is 4.48 Å². The summed E-state index contributed by atoms with van der Waals surface area (Å²) in [4.78, 5) is 4.25. The highest BCUT2D eigenvalue weighted by molar-refractivity contribution is 6.41. The van der Waals surface area contributed by atoms with Crippen molar-refractivity contribution in [2.45, 2.75) is 0 Å². The van der Waals surface area contributed by atoms with Crippen LogP contribution in [-0.2, 0) is 0 Å². The average Bonchev–Trinajstić information content (AvgIpc) is 3.12. The summed E-state index contributed by atoms with van der Waals surface area (Å²) in [5.41, 5.74) is 2.73. The molecule has 0 N–H and O–H groups in total. The van der Waals surface area contributed by atoms with Gasteiger partial charge in [-0.25, -0.2) is 0 Å². The SMILES string of the molecule is FB(F)n1cccc1/C(=C1/C=CC=N1)c1ccccc1. The Labute approximate surface area is 116 Å². The maximum absolute atomic E-state index is 13.1. The third kappa shape index (κ3) is 2.22. The second-order valence-corrected chi connectivity index (χ2v) is 4.34. The van der Waals surface area contributed by atoms with Gasteiger partial charge in [-0.2, -0.15) is 0 Å². The van der Waals surface area contributed by atoms with Crippen LogP contribution in [0.25, 0.3) is 5.57 Å². The maximum Gasteiger partial charge on any atom is 0.677 e. The van der Waals surface area contributed by atoms with Crippen molar-refractivity contribution >= 4 is 19.2 Å². The van der Waals surface area contributed by atoms with Crippen molar-refractivity contribution in [2.75, 3.05) is 0 Å². The van der Waals surface area contributed by atoms with Gasteiger partial charge in [0.25, 0.3) is 0 Å². The topological polar surface area (TPSA) is 17.3 Å². The highest BCUT2D eigenvalue weighted by atomic mass is 19.2. The zero-order chi connectivity index (χ0) is 13.9. The summed E-state index contributed by atoms with van der Waals surface area (Å²) in [6, 6.07) is 12.8. The summed E-state index contributed by atoms with van der Waals surface area (Å²) in [7, 11) is -2.58. The molecule has 2 heterocycles. The second kappa shape index (κ2) is 5.29. The molecule has 0 saturated heterocycles. The van der Waals surface area contributed by atoms with Crippen molar-refractivity contribution < 1.29 is 8.63 Å². The van der Waals surface area contributed by atoms with E-state index in [-0.39, 0.29) is 0 Å². The fourth-order valence-electron chi connectivity index (χ4n) is 2.26. The average molecular weight is 268 g/mol. The van der Waals surface area contributed by atoms with Gasteiger partial charge < -0.3 is 4.48 Å². The molecule has 1 aliphatic rings. The molecule has 1 aromatic heterocycles. The van der Waals surface area contributed by atoms with Crippen LogP contribution in [0, 0.1) is 0 Å². The lowest BCUT2D eigenvalue weighted by molar-refractivity contribution is 0.628. The lowest BCUT2D eigenvalue weighted by Crippen LogP contribution is -2.15. The van der Waals surface area contributed by atoms with E-state index >= 15 is 0 Å². The molecule has 2 nitrogen and oxygen atoms in total. The van der Waals surface area contributed by atoms with Crippen LogP contribution in [0.5, 0.6) is 0 Å². The summed E-state index contributed by atoms with van der Waals surface area (Å²) in [5.74, 6) is 0. The molecule has 98 valence electrons. The predicted octanol–water partition coefficient (Wildman–Crippen LogP) is 3.66. The van der Waals surface area contributed by atoms with Gasteiger partial charge in [0, 0.05) is 17.5 Å². The van der Waals surface area contributed by atoms with Crippen LogP contribution in [0.3, 0.4) is 0 Å². The molecule has 0 radical (unpaired) electrons. The quantitative estimate of drug-likeness (QED) is 0.756. The number of benzene rings is 1. The van der Waals surface area contributed by atoms with Crippen molar-refractivity contribution in [3.05, 3.63) is 77.8 Å². The molecule has 0 atom stereocenters. The van der Waals surface area contributed by atoms with E-state index in [0.29, 0.717) is 17.0 Å². The molecule has 3 rings (SSSR count). The molecular formula is C15H11BF2N2. The lowest BCUT2D eigenvalue weighted by Gasteiger charge is -2.12. The van der Waals surface area contributed by atoms with Gasteiger partial charge in [-0.05, 0) is 36.0 Å². The Balaban J connectivity index is 2.22. The first-order valence-electron chi connectivity index (χ1n) is 6.23. The van der Waals surface area contributed by atoms with Gasteiger partial charge in [-0.1, -0.05) is 30.3 Å². The molecule has 0 fully saturated rings. The normalized spacial score (nSPS) is 15.7. The van der Waals surface area contributed by atoms with Gasteiger partial charge >= 0.3 is 7.40 Å². The van der Waals surface area contributed by atoms with Crippen LogP contribution in [0.15, 0.2) is 71.5 Å². The van der Waals surface area contributed by atoms with E-state index in [1.54, 1.807) is 24.4 Å². The number of allylic oxidation sites excluding steroid dienone is 2. The van der Waals surface area contributed by atoms with E-state index in [0.717, 1.165) is 10.0 Å². The molecule has 0 unspecified atom stereocenters. The number of rotatable bonds is 3. The molecule has 0 bridgehead atoms. The molecule has 0 saturated carbocycles. The van der Waals surface area contributed by atoms with Gasteiger partial charge in [-0.15, -0.1) is 0 Å². The molecule has 0 spiro atoms. The van der Waals surface area contributed by atoms with E-state index in [1.165, 1.54) is 6.20 Å². The summed E-state index contributed by atoms with van der Waals surface area (Å²) < 4.78 is 27.2. The summed E-state index contributed by atoms with van der Waals surface area (Å²) in [6.07, 6.45) is 6.67. The molecule has 1 aliphatic heterocycles. The molecule has 2 aromatic rings. The first-order chi connectivity index (χ1) is 9.77. The van der Waals surface area contributed by atoms with Crippen LogP contribution < -0.4 is 0 Å². The van der Waals surface area contributed by atoms with Crippen molar-refractivity contribution in [3.8, 4) is 0 Å². The number of aromatic nitrogens is 1. The Morgan fingerprint density at radius 1 is 1.05 bits per heavy atom. The first kappa shape index (κ1) is 12.6. The lowest BCUT2D eigenvalue weighted by atomic mass is 9.99. The molecule has 20 heavy (non-hydrogen) atoms. The molecule has 0 aliphatic carbocycles. The molecular weight excluding hydrogens is 257 g/mol. The number of halogens is 2. The monoisotopic (exact) mass is 268 g/mol. The van der Waals surface area contributed by atoms with Crippen molar-refractivity contribution in [1.29, 1.82) is 0 Å². The van der Waals surface area contributed by atoms with E-state index in [4.69, 9.17) is 0 Å². The third-order valence-electron chi connectivity index (χ3n) is 3.12. The van der Waals surface area contributed by atoms with E-state index in [2.05, 4.69) is 4.99 Å². The highest BCUT2D eigenvalue weighted by Crippen LogP contribution is 2.30. The van der Waals surface area contributed by atoms with Gasteiger partial charge in [-0.3, -0.25) is 13.6 Å². The predicted molar refractivity (Wildman–Crippen MR) is 77.9 cm³/mol. The van der Waals surface area contributed by atoms with E-state index < -0.39 is 7.40 Å². The summed E-state index contributed by atoms with van der Waals surface area (Å²) >= 11 is 0. The molecule has 0 amide bonds. The van der Waals surface area contributed by atoms with Crippen LogP contribution in [-0.4, -0.2) is 18.1 Å². The van der Waals surface area contributed by atoms with E-state index in [9.17, 15) is 8.63 Å². The standard InChI is InChI=1S/C15H11BF2N2/c17-16(18)20-11-5-9-14(20)15(13-8-4-10-19-13)12-6-2-1-3-7-12/h1-11H/b15-13-. The summed E-state index contributed by atoms with van der Waals surface area (Å²) in [5, 5.41) is 0. The smallest absolute Gasteiger partial charge is 0.332 e. The minimum absolute atomic E-state index is 0.463. The highest BCUT2D eigenvalue weighted by Gasteiger charge is 2.23. The number of aliphatic imine (C=N–C) groups is 1. The Hall–Kier alpha value is -2.43. The van der Waals surface area contributed by atoms with Crippen LogP contribution in [0.2, 0.25) is 0 Å². The van der Waals surface area contributed by atoms with Crippen LogP contribution in [0.1, 0.15) is 11.3 Å². The maximum atomic E-state index is 13.1. The van der Waals surface area contributed by atoms with Gasteiger partial charge in [0.1, 0.15) is 0 Å². The molecule has 1 aromatic carbocycles. The fourth-order valence-corrected chi connectivity index (χ4v) is 2.26. The van der Waals surface area contributed by atoms with Crippen molar-refractivity contribution in [3.63, 3.8) is 0 Å². The Kier molecular flexibility index (Phi) is 3.33. The second-order valence-electron chi connectivity index (χ2n) is 4.34. The Bertz CT molecular complexity index is 686. The number of hydrogen-bond acceptors (Lipinski definition) is 1. The zero-order valence-electron chi connectivity index (χ0n) is 10.6. The van der Waals surface area contributed by atoms with Crippen LogP contribution >= 0.6 is 0 Å². The Morgan fingerprint density at radius 3 is 2.50 bits per heavy atom. The minimum atomic E-state index is -2.58. The number of hydrogen-bond donors (Lipinski definition) is 0. The third-order valence-corrected chi connectivity index (χ3v) is 3.12. The fraction of sp³-hybridized carbons (Fsp3) is 0. The minimum Gasteiger partial charge on any atom is -0.332 e.